The summed E-state index contributed by atoms with van der Waals surface area (Å²) in [6.07, 6.45) is 2.08. The van der Waals surface area contributed by atoms with Gasteiger partial charge in [0.15, 0.2) is 0 Å². The summed E-state index contributed by atoms with van der Waals surface area (Å²) in [5.41, 5.74) is 1.26. The molecule has 0 N–H and O–H groups in total. The topological polar surface area (TPSA) is 9.23 Å². The number of thiol groups is 1. The van der Waals surface area contributed by atoms with Crippen molar-refractivity contribution in [2.45, 2.75) is 9.64 Å². The van der Waals surface area contributed by atoms with Crippen molar-refractivity contribution in [2.24, 2.45) is 0 Å². The first kappa shape index (κ1) is 9.44. The van der Waals surface area contributed by atoms with E-state index in [1.807, 2.05) is 0 Å². The Bertz CT molecular complexity index is 290. The lowest BCUT2D eigenvalue weighted by atomic mass is 9.96. The molecule has 1 aromatic carbocycles. The number of hydrogen-bond acceptors (Lipinski definition) is 3. The van der Waals surface area contributed by atoms with Crippen molar-refractivity contribution in [3.8, 4) is 0 Å². The third-order valence-corrected chi connectivity index (χ3v) is 3.57. The van der Waals surface area contributed by atoms with Crippen LogP contribution in [0.15, 0.2) is 29.2 Å². The van der Waals surface area contributed by atoms with Crippen LogP contribution in [0.3, 0.4) is 0 Å². The van der Waals surface area contributed by atoms with Crippen molar-refractivity contribution >= 4 is 24.4 Å². The minimum atomic E-state index is -0.0308. The zero-order valence-electron chi connectivity index (χ0n) is 7.49. The maximum Gasteiger partial charge on any atom is 0.0844 e. The van der Waals surface area contributed by atoms with Gasteiger partial charge in [0.25, 0.3) is 0 Å². The third-order valence-electron chi connectivity index (χ3n) is 2.31. The Balaban J connectivity index is 2.22. The van der Waals surface area contributed by atoms with E-state index in [-0.39, 0.29) is 4.75 Å². The maximum absolute atomic E-state index is 5.17. The van der Waals surface area contributed by atoms with Crippen LogP contribution in [0.4, 0.5) is 0 Å². The summed E-state index contributed by atoms with van der Waals surface area (Å²) in [5.74, 6) is 0. The summed E-state index contributed by atoms with van der Waals surface area (Å²) in [6.45, 7) is 1.46. The van der Waals surface area contributed by atoms with E-state index in [1.165, 1.54) is 10.5 Å². The van der Waals surface area contributed by atoms with Crippen LogP contribution in [0.2, 0.25) is 0 Å². The number of hydrogen-bond donors (Lipinski definition) is 1. The molecule has 1 aliphatic rings. The minimum absolute atomic E-state index is 0.0308. The molecule has 1 heterocycles. The molecular weight excluding hydrogens is 200 g/mol. The van der Waals surface area contributed by atoms with Crippen LogP contribution >= 0.6 is 24.4 Å². The summed E-state index contributed by atoms with van der Waals surface area (Å²) < 4.78 is 5.14. The molecule has 0 radical (unpaired) electrons. The second-order valence-corrected chi connectivity index (χ2v) is 4.99. The molecule has 0 bridgehead atoms. The van der Waals surface area contributed by atoms with Gasteiger partial charge in [-0.3, -0.25) is 0 Å². The Morgan fingerprint density at radius 2 is 1.92 bits per heavy atom. The van der Waals surface area contributed by atoms with Gasteiger partial charge < -0.3 is 4.74 Å². The quantitative estimate of drug-likeness (QED) is 0.596. The molecule has 2 rings (SSSR count). The highest BCUT2D eigenvalue weighted by atomic mass is 32.2. The van der Waals surface area contributed by atoms with E-state index < -0.39 is 0 Å². The molecule has 0 amide bonds. The van der Waals surface area contributed by atoms with E-state index in [2.05, 4.69) is 43.2 Å². The summed E-state index contributed by atoms with van der Waals surface area (Å²) in [5, 5.41) is 0. The van der Waals surface area contributed by atoms with Gasteiger partial charge >= 0.3 is 0 Å². The number of ether oxygens (including phenoxy) is 1. The van der Waals surface area contributed by atoms with Gasteiger partial charge in [-0.25, -0.2) is 0 Å². The lowest BCUT2D eigenvalue weighted by Gasteiger charge is -2.37. The van der Waals surface area contributed by atoms with E-state index in [0.29, 0.717) is 0 Å². The Hall–Kier alpha value is -0.120. The Morgan fingerprint density at radius 1 is 1.31 bits per heavy atom. The van der Waals surface area contributed by atoms with E-state index in [0.717, 1.165) is 13.2 Å². The van der Waals surface area contributed by atoms with Crippen molar-refractivity contribution in [2.75, 3.05) is 19.5 Å². The first-order valence-electron chi connectivity index (χ1n) is 4.19. The van der Waals surface area contributed by atoms with Gasteiger partial charge in [0.05, 0.1) is 18.0 Å². The van der Waals surface area contributed by atoms with E-state index in [1.54, 1.807) is 11.8 Å². The highest BCUT2D eigenvalue weighted by Gasteiger charge is 2.36. The normalized spacial score (nSPS) is 19.5. The van der Waals surface area contributed by atoms with Crippen molar-refractivity contribution in [3.63, 3.8) is 0 Å². The van der Waals surface area contributed by atoms with Gasteiger partial charge in [0.2, 0.25) is 0 Å². The molecule has 0 aromatic heterocycles. The van der Waals surface area contributed by atoms with Gasteiger partial charge in [-0.2, -0.15) is 12.6 Å². The number of thioether (sulfide) groups is 1. The average Bonchev–Trinajstić information content (AvgIpc) is 2.14. The summed E-state index contributed by atoms with van der Waals surface area (Å²) in [7, 11) is 0. The summed E-state index contributed by atoms with van der Waals surface area (Å²) in [4.78, 5) is 1.29. The fourth-order valence-electron chi connectivity index (χ4n) is 1.36. The van der Waals surface area contributed by atoms with Crippen LogP contribution in [-0.2, 0) is 9.48 Å². The predicted octanol–water partition coefficient (Wildman–Crippen LogP) is 2.56. The van der Waals surface area contributed by atoms with Gasteiger partial charge in [0.1, 0.15) is 0 Å². The second-order valence-electron chi connectivity index (χ2n) is 3.25. The molecular formula is C10H12OS2. The molecule has 0 aliphatic carbocycles. The van der Waals surface area contributed by atoms with E-state index >= 15 is 0 Å². The van der Waals surface area contributed by atoms with Gasteiger partial charge in [0, 0.05) is 4.90 Å². The van der Waals surface area contributed by atoms with Gasteiger partial charge in [-0.15, -0.1) is 11.8 Å². The molecule has 1 nitrogen and oxygen atoms in total. The largest absolute Gasteiger partial charge is 0.378 e. The zero-order valence-corrected chi connectivity index (χ0v) is 9.20. The monoisotopic (exact) mass is 212 g/mol. The van der Waals surface area contributed by atoms with Crippen molar-refractivity contribution < 1.29 is 4.74 Å². The van der Waals surface area contributed by atoms with Crippen molar-refractivity contribution in [1.29, 1.82) is 0 Å². The van der Waals surface area contributed by atoms with Gasteiger partial charge in [-0.05, 0) is 24.0 Å². The van der Waals surface area contributed by atoms with Crippen molar-refractivity contribution in [1.82, 2.24) is 0 Å². The molecule has 3 heteroatoms. The highest BCUT2D eigenvalue weighted by molar-refractivity contribution is 7.98. The molecule has 13 heavy (non-hydrogen) atoms. The molecule has 70 valence electrons. The first-order valence-corrected chi connectivity index (χ1v) is 5.86. The molecule has 0 spiro atoms. The van der Waals surface area contributed by atoms with Gasteiger partial charge in [-0.1, -0.05) is 12.1 Å². The van der Waals surface area contributed by atoms with Crippen LogP contribution < -0.4 is 0 Å². The lowest BCUT2D eigenvalue weighted by molar-refractivity contribution is -0.00970. The molecule has 0 unspecified atom stereocenters. The van der Waals surface area contributed by atoms with Crippen LogP contribution in [0.5, 0.6) is 0 Å². The molecule has 0 atom stereocenters. The second kappa shape index (κ2) is 3.56. The van der Waals surface area contributed by atoms with E-state index in [9.17, 15) is 0 Å². The molecule has 1 aromatic rings. The SMILES string of the molecule is CSc1ccc(C2(S)COC2)cc1. The zero-order chi connectivity index (χ0) is 9.31. The molecule has 0 saturated carbocycles. The maximum atomic E-state index is 5.17. The fourth-order valence-corrected chi connectivity index (χ4v) is 2.10. The standard InChI is InChI=1S/C10H12OS2/c1-13-9-4-2-8(3-5-9)10(12)6-11-7-10/h2-5,12H,6-7H2,1H3. The first-order chi connectivity index (χ1) is 6.24. The molecule has 1 aliphatic heterocycles. The summed E-state index contributed by atoms with van der Waals surface area (Å²) in [6, 6.07) is 8.55. The fraction of sp³-hybridized carbons (Fsp3) is 0.400. The Morgan fingerprint density at radius 3 is 2.31 bits per heavy atom. The van der Waals surface area contributed by atoms with Crippen LogP contribution in [-0.4, -0.2) is 19.5 Å². The van der Waals surface area contributed by atoms with Crippen LogP contribution in [0, 0.1) is 0 Å². The average molecular weight is 212 g/mol. The van der Waals surface area contributed by atoms with Crippen LogP contribution in [0.1, 0.15) is 5.56 Å². The summed E-state index contributed by atoms with van der Waals surface area (Å²) >= 11 is 6.35. The molecule has 1 saturated heterocycles. The Labute approximate surface area is 88.3 Å². The van der Waals surface area contributed by atoms with Crippen molar-refractivity contribution in [3.05, 3.63) is 29.8 Å². The smallest absolute Gasteiger partial charge is 0.0844 e. The highest BCUT2D eigenvalue weighted by Crippen LogP contribution is 2.36. The minimum Gasteiger partial charge on any atom is -0.378 e. The Kier molecular flexibility index (Phi) is 2.58. The number of benzene rings is 1. The third kappa shape index (κ3) is 1.73. The lowest BCUT2D eigenvalue weighted by Crippen LogP contribution is -2.41. The molecule has 1 fully saturated rings. The van der Waals surface area contributed by atoms with Crippen LogP contribution in [0.25, 0.3) is 0 Å². The predicted molar refractivity (Wildman–Crippen MR) is 59.7 cm³/mol. The van der Waals surface area contributed by atoms with E-state index in [4.69, 9.17) is 4.74 Å². The number of rotatable bonds is 2.